The maximum atomic E-state index is 12.3. The Bertz CT molecular complexity index is 719. The molecule has 2 aromatic carbocycles. The average Bonchev–Trinajstić information content (AvgIpc) is 2.66. The molecule has 146 valence electrons. The molecule has 0 spiro atoms. The third-order valence-corrected chi connectivity index (χ3v) is 3.58. The Kier molecular flexibility index (Phi) is 8.45. The molecule has 0 saturated carbocycles. The molecule has 0 fully saturated rings. The number of rotatable bonds is 11. The zero-order chi connectivity index (χ0) is 19.5. The van der Waals surface area contributed by atoms with Gasteiger partial charge in [0.1, 0.15) is 18.1 Å². The predicted molar refractivity (Wildman–Crippen MR) is 108 cm³/mol. The summed E-state index contributed by atoms with van der Waals surface area (Å²) in [5.74, 6) is 1.66. The monoisotopic (exact) mass is 372 g/mol. The zero-order valence-corrected chi connectivity index (χ0v) is 16.2. The molecule has 0 aliphatic heterocycles. The van der Waals surface area contributed by atoms with Gasteiger partial charge in [-0.05, 0) is 30.2 Å². The Morgan fingerprint density at radius 1 is 1.04 bits per heavy atom. The van der Waals surface area contributed by atoms with Crippen molar-refractivity contribution in [3.63, 3.8) is 0 Å². The molecule has 0 radical (unpaired) electrons. The summed E-state index contributed by atoms with van der Waals surface area (Å²) in [5, 5.41) is 5.99. The van der Waals surface area contributed by atoms with E-state index in [1.54, 1.807) is 7.11 Å². The maximum Gasteiger partial charge on any atom is 0.243 e. The van der Waals surface area contributed by atoms with Gasteiger partial charge in [0.25, 0.3) is 0 Å². The smallest absolute Gasteiger partial charge is 0.243 e. The van der Waals surface area contributed by atoms with Gasteiger partial charge in [0.2, 0.25) is 5.91 Å². The number of hydrogen-bond donors (Lipinski definition) is 2. The third kappa shape index (κ3) is 7.58. The topological polar surface area (TPSA) is 68.8 Å². The Labute approximate surface area is 160 Å². The van der Waals surface area contributed by atoms with Gasteiger partial charge in [-0.25, -0.2) is 0 Å². The van der Waals surface area contributed by atoms with E-state index in [2.05, 4.69) is 24.5 Å². The molecular formula is C21H28N2O4. The highest BCUT2D eigenvalue weighted by Crippen LogP contribution is 2.24. The SMILES string of the molecule is COCCOc1cccc(NCC(=O)Nc2ccccc2OCC(C)C)c1. The predicted octanol–water partition coefficient (Wildman–Crippen LogP) is 3.80. The maximum absolute atomic E-state index is 12.3. The third-order valence-electron chi connectivity index (χ3n) is 3.58. The van der Waals surface area contributed by atoms with Crippen molar-refractivity contribution in [2.45, 2.75) is 13.8 Å². The van der Waals surface area contributed by atoms with Crippen molar-refractivity contribution in [3.05, 3.63) is 48.5 Å². The number of nitrogens with one attached hydrogen (secondary N) is 2. The molecule has 0 unspecified atom stereocenters. The van der Waals surface area contributed by atoms with Crippen LogP contribution in [0.15, 0.2) is 48.5 Å². The fourth-order valence-corrected chi connectivity index (χ4v) is 2.27. The van der Waals surface area contributed by atoms with Crippen LogP contribution in [0.4, 0.5) is 11.4 Å². The summed E-state index contributed by atoms with van der Waals surface area (Å²) in [4.78, 5) is 12.3. The lowest BCUT2D eigenvalue weighted by Gasteiger charge is -2.14. The lowest BCUT2D eigenvalue weighted by molar-refractivity contribution is -0.114. The van der Waals surface area contributed by atoms with Gasteiger partial charge >= 0.3 is 0 Å². The summed E-state index contributed by atoms with van der Waals surface area (Å²) in [7, 11) is 1.63. The number of methoxy groups -OCH3 is 1. The van der Waals surface area contributed by atoms with E-state index in [-0.39, 0.29) is 12.5 Å². The molecule has 6 nitrogen and oxygen atoms in total. The summed E-state index contributed by atoms with van der Waals surface area (Å²) < 4.78 is 16.3. The molecule has 1 amide bonds. The minimum Gasteiger partial charge on any atom is -0.491 e. The number of amides is 1. The molecule has 2 N–H and O–H groups in total. The first-order chi connectivity index (χ1) is 13.1. The van der Waals surface area contributed by atoms with E-state index in [9.17, 15) is 4.79 Å². The number of anilines is 2. The minimum absolute atomic E-state index is 0.139. The first-order valence-corrected chi connectivity index (χ1v) is 9.06. The second-order valence-electron chi connectivity index (χ2n) is 6.47. The van der Waals surface area contributed by atoms with Crippen LogP contribution in [0.25, 0.3) is 0 Å². The van der Waals surface area contributed by atoms with Gasteiger partial charge in [-0.3, -0.25) is 4.79 Å². The van der Waals surface area contributed by atoms with Crippen molar-refractivity contribution in [2.24, 2.45) is 5.92 Å². The lowest BCUT2D eigenvalue weighted by atomic mass is 10.2. The van der Waals surface area contributed by atoms with E-state index in [0.29, 0.717) is 37.2 Å². The van der Waals surface area contributed by atoms with Crippen molar-refractivity contribution in [3.8, 4) is 11.5 Å². The van der Waals surface area contributed by atoms with Gasteiger partial charge in [0.15, 0.2) is 0 Å². The van der Waals surface area contributed by atoms with Crippen molar-refractivity contribution < 1.29 is 19.0 Å². The van der Waals surface area contributed by atoms with Gasteiger partial charge in [0, 0.05) is 18.9 Å². The van der Waals surface area contributed by atoms with E-state index < -0.39 is 0 Å². The molecule has 0 heterocycles. The quantitative estimate of drug-likeness (QED) is 0.587. The second-order valence-corrected chi connectivity index (χ2v) is 6.47. The number of carbonyl (C=O) groups is 1. The Morgan fingerprint density at radius 3 is 2.63 bits per heavy atom. The van der Waals surface area contributed by atoms with Gasteiger partial charge in [0.05, 0.1) is 25.4 Å². The van der Waals surface area contributed by atoms with Crippen LogP contribution >= 0.6 is 0 Å². The van der Waals surface area contributed by atoms with Gasteiger partial charge in [-0.15, -0.1) is 0 Å². The van der Waals surface area contributed by atoms with Crippen molar-refractivity contribution >= 4 is 17.3 Å². The van der Waals surface area contributed by atoms with Crippen LogP contribution in [-0.2, 0) is 9.53 Å². The average molecular weight is 372 g/mol. The largest absolute Gasteiger partial charge is 0.491 e. The van der Waals surface area contributed by atoms with Crippen LogP contribution in [0.1, 0.15) is 13.8 Å². The first kappa shape index (κ1) is 20.6. The molecule has 2 rings (SSSR count). The van der Waals surface area contributed by atoms with Crippen LogP contribution in [-0.4, -0.2) is 39.4 Å². The molecule has 0 aliphatic rings. The molecule has 0 bridgehead atoms. The molecule has 0 aromatic heterocycles. The van der Waals surface area contributed by atoms with Crippen LogP contribution in [0, 0.1) is 5.92 Å². The van der Waals surface area contributed by atoms with Gasteiger partial charge in [-0.2, -0.15) is 0 Å². The number of carbonyl (C=O) groups excluding carboxylic acids is 1. The minimum atomic E-state index is -0.152. The molecule has 27 heavy (non-hydrogen) atoms. The second kappa shape index (κ2) is 11.1. The molecule has 2 aromatic rings. The lowest BCUT2D eigenvalue weighted by Crippen LogP contribution is -2.22. The van der Waals surface area contributed by atoms with E-state index in [0.717, 1.165) is 11.4 Å². The highest BCUT2D eigenvalue weighted by molar-refractivity contribution is 5.95. The Hall–Kier alpha value is -2.73. The highest BCUT2D eigenvalue weighted by atomic mass is 16.5. The molecule has 0 saturated heterocycles. The van der Waals surface area contributed by atoms with Gasteiger partial charge in [-0.1, -0.05) is 32.0 Å². The summed E-state index contributed by atoms with van der Waals surface area (Å²) in [6, 6.07) is 14.9. The molecule has 6 heteroatoms. The zero-order valence-electron chi connectivity index (χ0n) is 16.2. The highest BCUT2D eigenvalue weighted by Gasteiger charge is 2.08. The number of hydrogen-bond acceptors (Lipinski definition) is 5. The summed E-state index contributed by atoms with van der Waals surface area (Å²) >= 11 is 0. The Balaban J connectivity index is 1.87. The van der Waals surface area contributed by atoms with Crippen molar-refractivity contribution in [1.82, 2.24) is 0 Å². The first-order valence-electron chi connectivity index (χ1n) is 9.06. The number of para-hydroxylation sites is 2. The van der Waals surface area contributed by atoms with E-state index in [4.69, 9.17) is 14.2 Å². The summed E-state index contributed by atoms with van der Waals surface area (Å²) in [6.07, 6.45) is 0. The Morgan fingerprint density at radius 2 is 1.85 bits per heavy atom. The van der Waals surface area contributed by atoms with Crippen LogP contribution < -0.4 is 20.1 Å². The van der Waals surface area contributed by atoms with Crippen LogP contribution in [0.3, 0.4) is 0 Å². The summed E-state index contributed by atoms with van der Waals surface area (Å²) in [5.41, 5.74) is 1.48. The van der Waals surface area contributed by atoms with Crippen molar-refractivity contribution in [1.29, 1.82) is 0 Å². The molecular weight excluding hydrogens is 344 g/mol. The summed E-state index contributed by atoms with van der Waals surface area (Å²) in [6.45, 7) is 5.91. The van der Waals surface area contributed by atoms with E-state index in [1.807, 2.05) is 48.5 Å². The van der Waals surface area contributed by atoms with E-state index >= 15 is 0 Å². The molecule has 0 atom stereocenters. The van der Waals surface area contributed by atoms with E-state index in [1.165, 1.54) is 0 Å². The fourth-order valence-electron chi connectivity index (χ4n) is 2.27. The normalized spacial score (nSPS) is 10.5. The van der Waals surface area contributed by atoms with Gasteiger partial charge < -0.3 is 24.8 Å². The van der Waals surface area contributed by atoms with Crippen LogP contribution in [0.5, 0.6) is 11.5 Å². The number of ether oxygens (including phenoxy) is 3. The standard InChI is InChI=1S/C21H28N2O4/c1-16(2)15-27-20-10-5-4-9-19(20)23-21(24)14-22-17-7-6-8-18(13-17)26-12-11-25-3/h4-10,13,16,22H,11-12,14-15H2,1-3H3,(H,23,24). The number of benzene rings is 2. The van der Waals surface area contributed by atoms with Crippen LogP contribution in [0.2, 0.25) is 0 Å². The van der Waals surface area contributed by atoms with Crippen molar-refractivity contribution in [2.75, 3.05) is 44.1 Å². The molecule has 0 aliphatic carbocycles. The fraction of sp³-hybridized carbons (Fsp3) is 0.381.